The normalized spacial score (nSPS) is 20.6. The van der Waals surface area contributed by atoms with Gasteiger partial charge in [-0.15, -0.1) is 0 Å². The Hall–Kier alpha value is -0.232. The van der Waals surface area contributed by atoms with Crippen molar-refractivity contribution in [3.8, 4) is 16.9 Å². The Labute approximate surface area is 214 Å². The Morgan fingerprint density at radius 3 is 2.26 bits per heavy atom. The van der Waals surface area contributed by atoms with Crippen LogP contribution in [0.5, 0.6) is 5.75 Å². The SMILES string of the molecule is CCC[Si]1(C)c2c(NC(C)(C)C)c(O[Si](C)(C)C)c3c(c21)[CH]([Ti+2])c1ccccc1-3.[Cl-].[Cl-]. The van der Waals surface area contributed by atoms with Crippen LogP contribution in [0, 0.1) is 0 Å². The molecule has 0 saturated carbocycles. The topological polar surface area (TPSA) is 21.3 Å². The second-order valence-electron chi connectivity index (χ2n) is 10.9. The van der Waals surface area contributed by atoms with Gasteiger partial charge < -0.3 is 24.8 Å². The van der Waals surface area contributed by atoms with Crippen molar-refractivity contribution >= 4 is 32.5 Å². The Kier molecular flexibility index (Phi) is 7.71. The number of hydrogen-bond donors (Lipinski definition) is 1. The van der Waals surface area contributed by atoms with Gasteiger partial charge in [0.1, 0.15) is 0 Å². The summed E-state index contributed by atoms with van der Waals surface area (Å²) in [5.74, 6) is 1.15. The van der Waals surface area contributed by atoms with Gasteiger partial charge in [-0.25, -0.2) is 0 Å². The van der Waals surface area contributed by atoms with Gasteiger partial charge in [-0.05, 0) is 0 Å². The fourth-order valence-electron chi connectivity index (χ4n) is 5.07. The van der Waals surface area contributed by atoms with Crippen molar-refractivity contribution in [2.24, 2.45) is 0 Å². The minimum atomic E-state index is -1.78. The maximum atomic E-state index is 6.91. The molecule has 1 aliphatic carbocycles. The molecule has 2 aromatic carbocycles. The quantitative estimate of drug-likeness (QED) is 0.538. The number of anilines is 1. The molecule has 4 rings (SSSR count). The van der Waals surface area contributed by atoms with Gasteiger partial charge in [0.25, 0.3) is 0 Å². The van der Waals surface area contributed by atoms with Crippen molar-refractivity contribution < 1.29 is 49.7 Å². The molecule has 0 bridgehead atoms. The number of rotatable bonds is 5. The van der Waals surface area contributed by atoms with Crippen LogP contribution in [0.15, 0.2) is 24.3 Å². The van der Waals surface area contributed by atoms with Crippen LogP contribution in [-0.4, -0.2) is 21.9 Å². The van der Waals surface area contributed by atoms with Gasteiger partial charge in [0.15, 0.2) is 0 Å². The van der Waals surface area contributed by atoms with Crippen molar-refractivity contribution in [1.29, 1.82) is 0 Å². The number of benzene rings is 2. The molecule has 2 aromatic rings. The molecule has 1 aliphatic heterocycles. The Balaban J connectivity index is 0.00000171. The molecule has 2 unspecified atom stereocenters. The molecule has 31 heavy (non-hydrogen) atoms. The fourth-order valence-corrected chi connectivity index (χ4v) is 11.8. The summed E-state index contributed by atoms with van der Waals surface area (Å²) in [6.07, 6.45) is 1.26. The first-order valence-corrected chi connectivity index (χ1v) is 17.9. The van der Waals surface area contributed by atoms with E-state index in [-0.39, 0.29) is 30.4 Å². The van der Waals surface area contributed by atoms with E-state index in [0.717, 1.165) is 5.75 Å². The summed E-state index contributed by atoms with van der Waals surface area (Å²) in [5.41, 5.74) is 7.18. The van der Waals surface area contributed by atoms with E-state index >= 15 is 0 Å². The van der Waals surface area contributed by atoms with E-state index < -0.39 is 16.4 Å². The van der Waals surface area contributed by atoms with Gasteiger partial charge in [-0.3, -0.25) is 0 Å². The first kappa shape index (κ1) is 27.0. The standard InChI is InChI=1S/C24H34NOSi2.2ClH.Ti/c1-9-14-28(8)22-18-15-16-12-10-11-13-17(16)19(18)21(26-27(5,6)7)20(23(22)28)25-24(2,3)4;;;/h10-13,15,25H,9,14H2,1-8H3;2*1H;/q;;;+2/p-2. The van der Waals surface area contributed by atoms with Gasteiger partial charge >= 0.3 is 191 Å². The molecule has 7 heteroatoms. The number of halogens is 2. The second-order valence-corrected chi connectivity index (χ2v) is 20.4. The van der Waals surface area contributed by atoms with Crippen LogP contribution >= 0.6 is 0 Å². The summed E-state index contributed by atoms with van der Waals surface area (Å²) in [7, 11) is -3.34. The molecular formula is C24H34Cl2NOSi2Ti. The van der Waals surface area contributed by atoms with E-state index in [2.05, 4.69) is 104 Å². The Morgan fingerprint density at radius 2 is 1.71 bits per heavy atom. The smallest absolute Gasteiger partial charge is 1.00 e. The van der Waals surface area contributed by atoms with Gasteiger partial charge in [0.05, 0.1) is 0 Å². The van der Waals surface area contributed by atoms with Crippen LogP contribution in [0.2, 0.25) is 32.2 Å². The van der Waals surface area contributed by atoms with Crippen molar-refractivity contribution in [3.63, 3.8) is 0 Å². The van der Waals surface area contributed by atoms with E-state index in [9.17, 15) is 0 Å². The third-order valence-electron chi connectivity index (χ3n) is 6.02. The molecule has 0 aromatic heterocycles. The Morgan fingerprint density at radius 1 is 1.10 bits per heavy atom. The van der Waals surface area contributed by atoms with E-state index in [4.69, 9.17) is 4.43 Å². The molecule has 167 valence electrons. The first-order chi connectivity index (χ1) is 13.4. The monoisotopic (exact) mass is 526 g/mol. The molecule has 0 radical (unpaired) electrons. The minimum absolute atomic E-state index is 0. The molecule has 2 aliphatic rings. The summed E-state index contributed by atoms with van der Waals surface area (Å²) in [4.78, 5) is 0. The predicted molar refractivity (Wildman–Crippen MR) is 127 cm³/mol. The molecule has 2 nitrogen and oxygen atoms in total. The average Bonchev–Trinajstić information content (AvgIpc) is 3.06. The van der Waals surface area contributed by atoms with Gasteiger partial charge in [0, 0.05) is 0 Å². The van der Waals surface area contributed by atoms with Gasteiger partial charge in [-0.1, -0.05) is 0 Å². The number of nitrogens with one attached hydrogen (secondary N) is 1. The molecule has 0 saturated heterocycles. The molecular weight excluding hydrogens is 493 g/mol. The van der Waals surface area contributed by atoms with Crippen LogP contribution in [0.1, 0.15) is 49.5 Å². The summed E-state index contributed by atoms with van der Waals surface area (Å²) < 4.78 is 7.38. The van der Waals surface area contributed by atoms with E-state index in [1.165, 1.54) is 34.8 Å². The molecule has 1 heterocycles. The molecule has 0 spiro atoms. The van der Waals surface area contributed by atoms with Crippen LogP contribution < -0.4 is 44.9 Å². The molecule has 0 amide bonds. The first-order valence-electron chi connectivity index (χ1n) is 10.9. The summed E-state index contributed by atoms with van der Waals surface area (Å²) in [6.45, 7) is 18.6. The van der Waals surface area contributed by atoms with Crippen LogP contribution in [-0.2, 0) is 20.4 Å². The third-order valence-corrected chi connectivity index (χ3v) is 12.3. The zero-order chi connectivity index (χ0) is 21.4. The van der Waals surface area contributed by atoms with Crippen LogP contribution in [0.3, 0.4) is 0 Å². The van der Waals surface area contributed by atoms with Gasteiger partial charge in [-0.2, -0.15) is 0 Å². The molecule has 1 N–H and O–H groups in total. The molecule has 0 fully saturated rings. The van der Waals surface area contributed by atoms with E-state index in [1.807, 2.05) is 0 Å². The summed E-state index contributed by atoms with van der Waals surface area (Å²) in [5, 5.41) is 7.30. The Bertz CT molecular complexity index is 1000. The van der Waals surface area contributed by atoms with Crippen molar-refractivity contribution in [3.05, 3.63) is 35.4 Å². The van der Waals surface area contributed by atoms with Crippen molar-refractivity contribution in [1.82, 2.24) is 0 Å². The number of hydrogen-bond acceptors (Lipinski definition) is 2. The summed E-state index contributed by atoms with van der Waals surface area (Å²) in [6, 6.07) is 10.3. The maximum Gasteiger partial charge on any atom is -1.00 e. The average molecular weight is 527 g/mol. The van der Waals surface area contributed by atoms with Crippen molar-refractivity contribution in [2.75, 3.05) is 5.32 Å². The number of fused-ring (bicyclic) bond motifs is 5. The van der Waals surface area contributed by atoms with E-state index in [1.54, 1.807) is 15.9 Å². The van der Waals surface area contributed by atoms with Crippen LogP contribution in [0.25, 0.3) is 11.1 Å². The maximum absolute atomic E-state index is 6.91. The minimum Gasteiger partial charge on any atom is -1.00 e. The zero-order valence-corrected chi connectivity index (χ0v) is 25.0. The second kappa shape index (κ2) is 8.85. The van der Waals surface area contributed by atoms with Gasteiger partial charge in [0.2, 0.25) is 0 Å². The predicted octanol–water partition coefficient (Wildman–Crippen LogP) is -0.348. The summed E-state index contributed by atoms with van der Waals surface area (Å²) >= 11 is 2.40. The third kappa shape index (κ3) is 4.58. The fraction of sp³-hybridized carbons (Fsp3) is 0.500. The van der Waals surface area contributed by atoms with Crippen molar-refractivity contribution in [2.45, 2.75) is 76.1 Å². The van der Waals surface area contributed by atoms with E-state index in [0.29, 0.717) is 4.22 Å². The largest absolute Gasteiger partial charge is 1.00 e. The van der Waals surface area contributed by atoms with Crippen LogP contribution in [0.4, 0.5) is 5.69 Å². The zero-order valence-electron chi connectivity index (χ0n) is 20.0. The molecule has 2 atom stereocenters.